The molecule has 0 spiro atoms. The molecule has 0 aromatic rings. The van der Waals surface area contributed by atoms with Crippen LogP contribution < -0.4 is 24.0 Å². The summed E-state index contributed by atoms with van der Waals surface area (Å²) in [7, 11) is 4.63. The van der Waals surface area contributed by atoms with Crippen molar-refractivity contribution in [2.45, 2.75) is 32.6 Å². The molecule has 0 heterocycles. The maximum atomic E-state index is 3.73. The van der Waals surface area contributed by atoms with Crippen LogP contribution in [0.2, 0.25) is 0 Å². The zero-order chi connectivity index (χ0) is 9.45. The Bertz CT molecular complexity index is 121. The fourth-order valence-electron chi connectivity index (χ4n) is 1.55. The number of rotatable bonds is 7. The summed E-state index contributed by atoms with van der Waals surface area (Å²) in [6.45, 7) is 8.59. The molecule has 0 atom stereocenters. The minimum absolute atomic E-state index is 0. The fraction of sp³-hybridized carbons (Fsp3) is 0.818. The zero-order valence-electron chi connectivity index (χ0n) is 9.35. The van der Waals surface area contributed by atoms with E-state index in [4.69, 9.17) is 0 Å². The van der Waals surface area contributed by atoms with Gasteiger partial charge in [-0.05, 0) is 25.7 Å². The fourth-order valence-corrected chi connectivity index (χ4v) is 1.55. The van der Waals surface area contributed by atoms with Crippen LogP contribution >= 0.6 is 0 Å². The molecule has 0 N–H and O–H groups in total. The van der Waals surface area contributed by atoms with Crippen molar-refractivity contribution in [3.05, 3.63) is 12.7 Å². The van der Waals surface area contributed by atoms with Crippen molar-refractivity contribution in [1.29, 1.82) is 0 Å². The van der Waals surface area contributed by atoms with Crippen molar-refractivity contribution in [2.24, 2.45) is 0 Å². The second kappa shape index (κ2) is 9.00. The van der Waals surface area contributed by atoms with Gasteiger partial charge in [-0.25, -0.2) is 0 Å². The molecule has 0 aromatic carbocycles. The number of halogens is 1. The Balaban J connectivity index is 0. The van der Waals surface area contributed by atoms with Crippen LogP contribution in [0.3, 0.4) is 0 Å². The Kier molecular flexibility index (Phi) is 11.0. The lowest BCUT2D eigenvalue weighted by atomic mass is 10.2. The Morgan fingerprint density at radius 2 is 1.77 bits per heavy atom. The molecule has 0 rings (SSSR count). The van der Waals surface area contributed by atoms with E-state index in [-0.39, 0.29) is 24.0 Å². The van der Waals surface area contributed by atoms with Gasteiger partial charge in [-0.1, -0.05) is 13.0 Å². The summed E-state index contributed by atoms with van der Waals surface area (Å²) < 4.78 is 1.17. The summed E-state index contributed by atoms with van der Waals surface area (Å²) in [6, 6.07) is 0. The number of unbranched alkanes of at least 4 members (excludes halogenated alkanes) is 2. The quantitative estimate of drug-likeness (QED) is 0.265. The lowest BCUT2D eigenvalue weighted by Crippen LogP contribution is -3.00. The highest BCUT2D eigenvalue weighted by atomic mass is 127. The number of hydrogen-bond donors (Lipinski definition) is 0. The van der Waals surface area contributed by atoms with E-state index in [2.05, 4.69) is 27.6 Å². The summed E-state index contributed by atoms with van der Waals surface area (Å²) >= 11 is 0. The minimum Gasteiger partial charge on any atom is -1.00 e. The van der Waals surface area contributed by atoms with Gasteiger partial charge in [0.2, 0.25) is 0 Å². The van der Waals surface area contributed by atoms with E-state index >= 15 is 0 Å². The Labute approximate surface area is 101 Å². The van der Waals surface area contributed by atoms with Crippen molar-refractivity contribution < 1.29 is 28.5 Å². The highest BCUT2D eigenvalue weighted by Gasteiger charge is 2.11. The van der Waals surface area contributed by atoms with Crippen molar-refractivity contribution in [3.8, 4) is 0 Å². The van der Waals surface area contributed by atoms with E-state index in [1.165, 1.54) is 43.3 Å². The number of quaternary nitrogens is 1. The number of hydrogen-bond acceptors (Lipinski definition) is 0. The topological polar surface area (TPSA) is 0 Å². The highest BCUT2D eigenvalue weighted by Crippen LogP contribution is 2.04. The molecule has 13 heavy (non-hydrogen) atoms. The van der Waals surface area contributed by atoms with Crippen LogP contribution in [0, 0.1) is 0 Å². The molecule has 80 valence electrons. The molecule has 1 nitrogen and oxygen atoms in total. The first-order chi connectivity index (χ1) is 5.62. The van der Waals surface area contributed by atoms with Gasteiger partial charge in [0, 0.05) is 0 Å². The van der Waals surface area contributed by atoms with E-state index in [9.17, 15) is 0 Å². The summed E-state index contributed by atoms with van der Waals surface area (Å²) in [6.07, 6.45) is 7.11. The molecule has 2 heteroatoms. The summed E-state index contributed by atoms with van der Waals surface area (Å²) in [5, 5.41) is 0. The van der Waals surface area contributed by atoms with E-state index in [0.29, 0.717) is 0 Å². The van der Waals surface area contributed by atoms with Crippen LogP contribution in [-0.4, -0.2) is 31.7 Å². The first kappa shape index (κ1) is 15.9. The van der Waals surface area contributed by atoms with Crippen LogP contribution in [0.1, 0.15) is 32.6 Å². The van der Waals surface area contributed by atoms with Crippen LogP contribution in [0.5, 0.6) is 0 Å². The van der Waals surface area contributed by atoms with Gasteiger partial charge in [0.25, 0.3) is 0 Å². The van der Waals surface area contributed by atoms with Gasteiger partial charge in [0.05, 0.1) is 27.2 Å². The average Bonchev–Trinajstić information content (AvgIpc) is 1.98. The van der Waals surface area contributed by atoms with Gasteiger partial charge in [-0.2, -0.15) is 0 Å². The van der Waals surface area contributed by atoms with Gasteiger partial charge in [0.15, 0.2) is 0 Å². The Morgan fingerprint density at radius 1 is 1.15 bits per heavy atom. The van der Waals surface area contributed by atoms with Crippen molar-refractivity contribution in [2.75, 3.05) is 27.2 Å². The molecule has 0 saturated heterocycles. The van der Waals surface area contributed by atoms with Gasteiger partial charge in [-0.3, -0.25) is 0 Å². The second-order valence-corrected chi connectivity index (χ2v) is 4.17. The van der Waals surface area contributed by atoms with E-state index in [1.54, 1.807) is 0 Å². The van der Waals surface area contributed by atoms with Crippen LogP contribution in [0.4, 0.5) is 0 Å². The minimum atomic E-state index is 0. The lowest BCUT2D eigenvalue weighted by Gasteiger charge is -2.29. The normalized spacial score (nSPS) is 10.7. The van der Waals surface area contributed by atoms with Crippen molar-refractivity contribution in [3.63, 3.8) is 0 Å². The first-order valence-electron chi connectivity index (χ1n) is 5.05. The third kappa shape index (κ3) is 10.4. The van der Waals surface area contributed by atoms with E-state index in [1.807, 2.05) is 6.08 Å². The van der Waals surface area contributed by atoms with E-state index in [0.717, 1.165) is 0 Å². The van der Waals surface area contributed by atoms with E-state index < -0.39 is 0 Å². The molecule has 0 radical (unpaired) electrons. The summed E-state index contributed by atoms with van der Waals surface area (Å²) in [4.78, 5) is 0. The molecule has 0 aliphatic carbocycles. The largest absolute Gasteiger partial charge is 1.00 e. The van der Waals surface area contributed by atoms with Gasteiger partial charge in [0.1, 0.15) is 0 Å². The molecule has 0 fully saturated rings. The number of allylic oxidation sites excluding steroid dienone is 1. The maximum absolute atomic E-state index is 3.73. The van der Waals surface area contributed by atoms with Crippen LogP contribution in [0.25, 0.3) is 0 Å². The molecule has 0 aromatic heterocycles. The van der Waals surface area contributed by atoms with Gasteiger partial charge >= 0.3 is 0 Å². The lowest BCUT2D eigenvalue weighted by molar-refractivity contribution is -0.890. The van der Waals surface area contributed by atoms with Crippen molar-refractivity contribution in [1.82, 2.24) is 0 Å². The third-order valence-electron chi connectivity index (χ3n) is 2.25. The highest BCUT2D eigenvalue weighted by molar-refractivity contribution is 4.65. The molecule has 0 bridgehead atoms. The Morgan fingerprint density at radius 3 is 2.23 bits per heavy atom. The van der Waals surface area contributed by atoms with Gasteiger partial charge < -0.3 is 28.5 Å². The molecular formula is C11H24IN. The number of nitrogens with zero attached hydrogens (tertiary/aromatic N) is 1. The van der Waals surface area contributed by atoms with Crippen LogP contribution in [0.15, 0.2) is 12.7 Å². The molecule has 0 amide bonds. The zero-order valence-corrected chi connectivity index (χ0v) is 11.5. The SMILES string of the molecule is C=CCCCC[N+](C)(C)CCC.[I-]. The molecule has 0 aliphatic rings. The average molecular weight is 297 g/mol. The van der Waals surface area contributed by atoms with Crippen molar-refractivity contribution >= 4 is 0 Å². The summed E-state index contributed by atoms with van der Waals surface area (Å²) in [5.74, 6) is 0. The predicted octanol–water partition coefficient (Wildman–Crippen LogP) is -0.167. The summed E-state index contributed by atoms with van der Waals surface area (Å²) in [5.41, 5.74) is 0. The first-order valence-corrected chi connectivity index (χ1v) is 5.05. The van der Waals surface area contributed by atoms with Crippen LogP contribution in [-0.2, 0) is 0 Å². The maximum Gasteiger partial charge on any atom is 0.0782 e. The molecular weight excluding hydrogens is 273 g/mol. The second-order valence-electron chi connectivity index (χ2n) is 4.17. The molecule has 0 aliphatic heterocycles. The predicted molar refractivity (Wildman–Crippen MR) is 56.2 cm³/mol. The Hall–Kier alpha value is 0.430. The monoisotopic (exact) mass is 297 g/mol. The molecule has 0 unspecified atom stereocenters. The molecule has 0 saturated carbocycles. The standard InChI is InChI=1S/C11H24N.HI/c1-5-7-8-9-11-12(3,4)10-6-2;/h5H,1,6-11H2,2-4H3;1H/q+1;/p-1. The van der Waals surface area contributed by atoms with Gasteiger partial charge in [-0.15, -0.1) is 6.58 Å². The smallest absolute Gasteiger partial charge is 0.0782 e. The third-order valence-corrected chi connectivity index (χ3v) is 2.25.